The quantitative estimate of drug-likeness (QED) is 0.661. The predicted octanol–water partition coefficient (Wildman–Crippen LogP) is -0.432. The summed E-state index contributed by atoms with van der Waals surface area (Å²) in [7, 11) is -0.206. The van der Waals surface area contributed by atoms with E-state index in [4.69, 9.17) is 5.11 Å². The van der Waals surface area contributed by atoms with Crippen molar-refractivity contribution in [2.75, 3.05) is 33.7 Å². The second-order valence-corrected chi connectivity index (χ2v) is 7.06. The molecule has 0 atom stereocenters. The number of likely N-dealkylation sites (N-methyl/N-ethyl adjacent to an activating group) is 1. The molecule has 0 saturated carbocycles. The Balaban J connectivity index is 4.88. The monoisotopic (exact) mass is 281 g/mol. The van der Waals surface area contributed by atoms with Crippen molar-refractivity contribution in [3.8, 4) is 0 Å². The number of hydrogen-bond acceptors (Lipinski definition) is 4. The van der Waals surface area contributed by atoms with Crippen LogP contribution in [0.4, 0.5) is 0 Å². The van der Waals surface area contributed by atoms with Gasteiger partial charge in [-0.2, -0.15) is 17.4 Å². The molecule has 0 radical (unpaired) electrons. The summed E-state index contributed by atoms with van der Waals surface area (Å²) in [6.45, 7) is 5.16. The lowest BCUT2D eigenvalue weighted by Gasteiger charge is -2.27. The molecule has 0 bridgehead atoms. The van der Waals surface area contributed by atoms with Crippen molar-refractivity contribution < 1.29 is 18.3 Å². The van der Waals surface area contributed by atoms with E-state index in [-0.39, 0.29) is 6.54 Å². The highest BCUT2D eigenvalue weighted by Gasteiger charge is 2.28. The standard InChI is InChI=1S/C10H23N3O4S/c1-10(2,3)11-18(16,17)13(8-9(14)15)7-6-12(4)5/h11H,6-8H2,1-5H3,(H,14,15). The molecule has 0 rings (SSSR count). The van der Waals surface area contributed by atoms with Crippen LogP contribution < -0.4 is 4.72 Å². The van der Waals surface area contributed by atoms with Crippen LogP contribution in [0.2, 0.25) is 0 Å². The zero-order valence-electron chi connectivity index (χ0n) is 11.6. The van der Waals surface area contributed by atoms with Crippen molar-refractivity contribution in [3.63, 3.8) is 0 Å². The van der Waals surface area contributed by atoms with E-state index in [9.17, 15) is 13.2 Å². The molecule has 8 heteroatoms. The van der Waals surface area contributed by atoms with Gasteiger partial charge in [0.25, 0.3) is 10.2 Å². The highest BCUT2D eigenvalue weighted by atomic mass is 32.2. The van der Waals surface area contributed by atoms with E-state index in [0.29, 0.717) is 6.54 Å². The van der Waals surface area contributed by atoms with Crippen molar-refractivity contribution in [3.05, 3.63) is 0 Å². The van der Waals surface area contributed by atoms with E-state index in [1.807, 2.05) is 0 Å². The van der Waals surface area contributed by atoms with Crippen molar-refractivity contribution >= 4 is 16.2 Å². The number of carboxylic acids is 1. The molecule has 0 aliphatic carbocycles. The van der Waals surface area contributed by atoms with Crippen LogP contribution in [-0.4, -0.2) is 68.0 Å². The molecule has 0 aromatic rings. The Kier molecular flexibility index (Phi) is 6.21. The number of aliphatic carboxylic acids is 1. The average Bonchev–Trinajstić information content (AvgIpc) is 2.06. The number of hydrogen-bond donors (Lipinski definition) is 2. The normalized spacial score (nSPS) is 13.3. The second-order valence-electron chi connectivity index (χ2n) is 5.39. The Hall–Kier alpha value is -0.700. The highest BCUT2D eigenvalue weighted by Crippen LogP contribution is 2.06. The fourth-order valence-electron chi connectivity index (χ4n) is 1.20. The minimum Gasteiger partial charge on any atom is -0.480 e. The van der Waals surface area contributed by atoms with Crippen LogP contribution in [0, 0.1) is 0 Å². The van der Waals surface area contributed by atoms with Crippen molar-refractivity contribution in [1.82, 2.24) is 13.9 Å². The first kappa shape index (κ1) is 17.3. The summed E-state index contributed by atoms with van der Waals surface area (Å²) in [5.41, 5.74) is -0.645. The van der Waals surface area contributed by atoms with Gasteiger partial charge in [-0.05, 0) is 34.9 Å². The molecular formula is C10H23N3O4S. The maximum Gasteiger partial charge on any atom is 0.318 e. The Morgan fingerprint density at radius 3 is 2.06 bits per heavy atom. The molecule has 0 unspecified atom stereocenters. The van der Waals surface area contributed by atoms with E-state index in [1.165, 1.54) is 0 Å². The molecule has 0 spiro atoms. The Morgan fingerprint density at radius 2 is 1.72 bits per heavy atom. The topological polar surface area (TPSA) is 90.0 Å². The summed E-state index contributed by atoms with van der Waals surface area (Å²) < 4.78 is 27.4. The van der Waals surface area contributed by atoms with Gasteiger partial charge in [-0.3, -0.25) is 4.79 Å². The van der Waals surface area contributed by atoms with Crippen LogP contribution in [0.5, 0.6) is 0 Å². The van der Waals surface area contributed by atoms with Gasteiger partial charge in [-0.25, -0.2) is 0 Å². The van der Waals surface area contributed by atoms with Gasteiger partial charge in [0.05, 0.1) is 0 Å². The van der Waals surface area contributed by atoms with Gasteiger partial charge < -0.3 is 10.0 Å². The van der Waals surface area contributed by atoms with Gasteiger partial charge in [0, 0.05) is 18.6 Å². The summed E-state index contributed by atoms with van der Waals surface area (Å²) in [5, 5.41) is 8.76. The number of carboxylic acid groups (broad SMARTS) is 1. The van der Waals surface area contributed by atoms with Crippen LogP contribution in [0.1, 0.15) is 20.8 Å². The van der Waals surface area contributed by atoms with E-state index >= 15 is 0 Å². The highest BCUT2D eigenvalue weighted by molar-refractivity contribution is 7.87. The molecule has 0 fully saturated rings. The molecule has 0 saturated heterocycles. The minimum atomic E-state index is -3.79. The Labute approximate surface area is 109 Å². The third-order valence-corrected chi connectivity index (χ3v) is 3.75. The summed E-state index contributed by atoms with van der Waals surface area (Å²) in [5.74, 6) is -1.17. The lowest BCUT2D eigenvalue weighted by Crippen LogP contribution is -2.51. The van der Waals surface area contributed by atoms with Crippen LogP contribution >= 0.6 is 0 Å². The van der Waals surface area contributed by atoms with Crippen LogP contribution in [0.3, 0.4) is 0 Å². The smallest absolute Gasteiger partial charge is 0.318 e. The largest absolute Gasteiger partial charge is 0.480 e. The van der Waals surface area contributed by atoms with Gasteiger partial charge in [-0.15, -0.1) is 0 Å². The average molecular weight is 281 g/mol. The lowest BCUT2D eigenvalue weighted by molar-refractivity contribution is -0.137. The first-order chi connectivity index (χ1) is 7.94. The molecule has 0 heterocycles. The maximum absolute atomic E-state index is 12.0. The van der Waals surface area contributed by atoms with Gasteiger partial charge in [0.1, 0.15) is 6.54 Å². The summed E-state index contributed by atoms with van der Waals surface area (Å²) >= 11 is 0. The van der Waals surface area contributed by atoms with Crippen LogP contribution in [0.15, 0.2) is 0 Å². The van der Waals surface area contributed by atoms with Crippen LogP contribution in [0.25, 0.3) is 0 Å². The van der Waals surface area contributed by atoms with E-state index in [2.05, 4.69) is 4.72 Å². The van der Waals surface area contributed by atoms with Gasteiger partial charge in [0.2, 0.25) is 0 Å². The van der Waals surface area contributed by atoms with Gasteiger partial charge in [0.15, 0.2) is 0 Å². The molecule has 0 aromatic carbocycles. The van der Waals surface area contributed by atoms with Crippen molar-refractivity contribution in [2.24, 2.45) is 0 Å². The molecule has 0 aliphatic heterocycles. The summed E-state index contributed by atoms with van der Waals surface area (Å²) in [6.07, 6.45) is 0. The van der Waals surface area contributed by atoms with Crippen LogP contribution in [-0.2, 0) is 15.0 Å². The number of nitrogens with zero attached hydrogens (tertiary/aromatic N) is 2. The molecule has 0 aliphatic rings. The Bertz CT molecular complexity index is 373. The van der Waals surface area contributed by atoms with E-state index < -0.39 is 28.3 Å². The van der Waals surface area contributed by atoms with E-state index in [1.54, 1.807) is 39.8 Å². The molecule has 2 N–H and O–H groups in total. The molecule has 0 aromatic heterocycles. The predicted molar refractivity (Wildman–Crippen MR) is 69.6 cm³/mol. The third kappa shape index (κ3) is 7.59. The van der Waals surface area contributed by atoms with Crippen molar-refractivity contribution in [2.45, 2.75) is 26.3 Å². The summed E-state index contributed by atoms with van der Waals surface area (Å²) in [4.78, 5) is 12.5. The molecule has 108 valence electrons. The minimum absolute atomic E-state index is 0.130. The number of rotatable bonds is 7. The third-order valence-electron chi connectivity index (χ3n) is 1.88. The molecule has 7 nitrogen and oxygen atoms in total. The summed E-state index contributed by atoms with van der Waals surface area (Å²) in [6, 6.07) is 0. The molecule has 18 heavy (non-hydrogen) atoms. The SMILES string of the molecule is CN(C)CCN(CC(=O)O)S(=O)(=O)NC(C)(C)C. The lowest BCUT2D eigenvalue weighted by atomic mass is 10.1. The number of nitrogens with one attached hydrogen (secondary N) is 1. The fraction of sp³-hybridized carbons (Fsp3) is 0.900. The zero-order chi connectivity index (χ0) is 14.6. The fourth-order valence-corrected chi connectivity index (χ4v) is 2.70. The first-order valence-corrected chi connectivity index (χ1v) is 7.03. The molecule has 0 amide bonds. The van der Waals surface area contributed by atoms with Crippen molar-refractivity contribution in [1.29, 1.82) is 0 Å². The van der Waals surface area contributed by atoms with E-state index in [0.717, 1.165) is 4.31 Å². The molecular weight excluding hydrogens is 258 g/mol. The van der Waals surface area contributed by atoms with Gasteiger partial charge in [-0.1, -0.05) is 0 Å². The zero-order valence-corrected chi connectivity index (χ0v) is 12.4. The first-order valence-electron chi connectivity index (χ1n) is 5.59. The number of carbonyl (C=O) groups is 1. The second kappa shape index (κ2) is 6.46. The maximum atomic E-state index is 12.0. The Morgan fingerprint density at radius 1 is 1.22 bits per heavy atom. The van der Waals surface area contributed by atoms with Gasteiger partial charge >= 0.3 is 5.97 Å².